The van der Waals surface area contributed by atoms with Gasteiger partial charge < -0.3 is 33.7 Å². The lowest BCUT2D eigenvalue weighted by atomic mass is 9.97. The fraction of sp³-hybridized carbons (Fsp3) is 0.457. The summed E-state index contributed by atoms with van der Waals surface area (Å²) in [5.74, 6) is -1.93. The lowest BCUT2D eigenvalue weighted by Gasteiger charge is -2.45. The molecule has 0 bridgehead atoms. The Hall–Kier alpha value is -3.32. The Balaban J connectivity index is 1.43. The molecule has 0 aromatic heterocycles. The quantitative estimate of drug-likeness (QED) is 0.171. The van der Waals surface area contributed by atoms with Crippen LogP contribution >= 0.6 is 0 Å². The van der Waals surface area contributed by atoms with Gasteiger partial charge in [0.05, 0.1) is 26.4 Å². The summed E-state index contributed by atoms with van der Waals surface area (Å²) in [6, 6.07) is 29.4. The van der Waals surface area contributed by atoms with Crippen LogP contribution in [0.1, 0.15) is 36.0 Å². The molecule has 250 valence electrons. The normalized spacial score (nSPS) is 21.6. The molecule has 1 aliphatic rings. The first kappa shape index (κ1) is 35.5. The van der Waals surface area contributed by atoms with Gasteiger partial charge in [-0.2, -0.15) is 13.2 Å². The Morgan fingerprint density at radius 3 is 1.72 bits per heavy atom. The van der Waals surface area contributed by atoms with Crippen molar-refractivity contribution < 1.29 is 46.4 Å². The molecule has 0 saturated carbocycles. The molecule has 1 amide bonds. The van der Waals surface area contributed by atoms with Crippen LogP contribution in [0, 0.1) is 0 Å². The summed E-state index contributed by atoms with van der Waals surface area (Å²) in [5.41, 5.74) is 2.97. The highest BCUT2D eigenvalue weighted by molar-refractivity contribution is 5.81. The number of ether oxygens (including phenoxy) is 6. The number of rotatable bonds is 18. The summed E-state index contributed by atoms with van der Waals surface area (Å²) < 4.78 is 74.8. The smallest absolute Gasteiger partial charge is 0.379 e. The van der Waals surface area contributed by atoms with Gasteiger partial charge in [-0.25, -0.2) is 0 Å². The third kappa shape index (κ3) is 11.5. The van der Waals surface area contributed by atoms with Crippen molar-refractivity contribution in [2.75, 3.05) is 26.9 Å². The molecule has 1 aliphatic heterocycles. The maximum Gasteiger partial charge on any atom is 0.471 e. The van der Waals surface area contributed by atoms with Gasteiger partial charge in [0, 0.05) is 20.3 Å². The van der Waals surface area contributed by atoms with E-state index in [1.54, 1.807) is 7.11 Å². The van der Waals surface area contributed by atoms with E-state index in [9.17, 15) is 18.0 Å². The zero-order valence-corrected chi connectivity index (χ0v) is 25.9. The van der Waals surface area contributed by atoms with Crippen LogP contribution < -0.4 is 5.32 Å². The van der Waals surface area contributed by atoms with Gasteiger partial charge in [-0.3, -0.25) is 4.79 Å². The largest absolute Gasteiger partial charge is 0.471 e. The number of alkyl halides is 3. The minimum absolute atomic E-state index is 0.0558. The van der Waals surface area contributed by atoms with E-state index in [1.807, 2.05) is 96.3 Å². The highest BCUT2D eigenvalue weighted by Gasteiger charge is 2.48. The monoisotopic (exact) mass is 645 g/mol. The number of hydrogen-bond donors (Lipinski definition) is 1. The molecular weight excluding hydrogens is 603 g/mol. The zero-order valence-electron chi connectivity index (χ0n) is 25.9. The molecule has 4 rings (SSSR count). The van der Waals surface area contributed by atoms with E-state index in [2.05, 4.69) is 0 Å². The van der Waals surface area contributed by atoms with Crippen LogP contribution in [0.15, 0.2) is 91.0 Å². The minimum atomic E-state index is -4.88. The van der Waals surface area contributed by atoms with Gasteiger partial charge >= 0.3 is 12.1 Å². The van der Waals surface area contributed by atoms with Crippen molar-refractivity contribution in [1.29, 1.82) is 0 Å². The van der Waals surface area contributed by atoms with Crippen LogP contribution in [0.25, 0.3) is 0 Å². The molecule has 0 spiro atoms. The summed E-state index contributed by atoms with van der Waals surface area (Å²) in [6.45, 7) is 1.40. The van der Waals surface area contributed by atoms with Gasteiger partial charge in [-0.1, -0.05) is 91.0 Å². The van der Waals surface area contributed by atoms with E-state index in [4.69, 9.17) is 28.4 Å². The average molecular weight is 646 g/mol. The average Bonchev–Trinajstić information content (AvgIpc) is 3.07. The van der Waals surface area contributed by atoms with Crippen molar-refractivity contribution in [3.05, 3.63) is 108 Å². The number of halogens is 3. The summed E-state index contributed by atoms with van der Waals surface area (Å²) in [7, 11) is 1.55. The minimum Gasteiger partial charge on any atom is -0.379 e. The first-order valence-corrected chi connectivity index (χ1v) is 15.4. The Morgan fingerprint density at radius 2 is 1.22 bits per heavy atom. The number of hydrogen-bond acceptors (Lipinski definition) is 7. The standard InChI is InChI=1S/C35H42F3NO7/c1-41-33-32(45-24-28-18-10-4-11-19-28)31(44-23-27-16-8-3-9-17-27)30(43-22-26-14-6-2-7-15-26)29(46-33)25-42-21-13-5-12-20-39-34(40)35(36,37)38/h2-4,6-11,14-19,29-33H,5,12-13,20-25H2,1H3,(H,39,40)/t29-,30-,31+,32-,33-/m1/s1. The molecule has 1 fully saturated rings. The van der Waals surface area contributed by atoms with Gasteiger partial charge in [0.1, 0.15) is 24.4 Å². The van der Waals surface area contributed by atoms with Crippen LogP contribution in [-0.2, 0) is 53.0 Å². The first-order valence-electron chi connectivity index (χ1n) is 15.4. The second-order valence-electron chi connectivity index (χ2n) is 11.0. The van der Waals surface area contributed by atoms with E-state index in [0.29, 0.717) is 45.7 Å². The maximum atomic E-state index is 12.4. The van der Waals surface area contributed by atoms with Gasteiger partial charge in [-0.05, 0) is 36.0 Å². The SMILES string of the molecule is CO[C@@H]1O[C@H](COCCCCCNC(=O)C(F)(F)F)[C@@H](OCc2ccccc2)[C@H](OCc2ccccc2)[C@H]1OCc1ccccc1. The molecule has 1 heterocycles. The molecular formula is C35H42F3NO7. The van der Waals surface area contributed by atoms with E-state index in [0.717, 1.165) is 16.7 Å². The Bertz CT molecular complexity index is 1270. The third-order valence-corrected chi connectivity index (χ3v) is 7.47. The van der Waals surface area contributed by atoms with Crippen molar-refractivity contribution in [2.45, 2.75) is 76.0 Å². The van der Waals surface area contributed by atoms with E-state index in [-0.39, 0.29) is 13.2 Å². The molecule has 0 aliphatic carbocycles. The number of unbranched alkanes of at least 4 members (excludes halogenated alkanes) is 2. The van der Waals surface area contributed by atoms with Crippen molar-refractivity contribution >= 4 is 5.91 Å². The predicted molar refractivity (Wildman–Crippen MR) is 164 cm³/mol. The number of carbonyl (C=O) groups is 1. The lowest BCUT2D eigenvalue weighted by Crippen LogP contribution is -2.61. The molecule has 3 aromatic rings. The lowest BCUT2D eigenvalue weighted by molar-refractivity contribution is -0.323. The number of carbonyl (C=O) groups excluding carboxylic acids is 1. The summed E-state index contributed by atoms with van der Waals surface area (Å²) in [4.78, 5) is 11.0. The molecule has 5 atom stereocenters. The highest BCUT2D eigenvalue weighted by atomic mass is 19.4. The molecule has 1 N–H and O–H groups in total. The molecule has 3 aromatic carbocycles. The Labute approximate surface area is 268 Å². The number of methoxy groups -OCH3 is 1. The fourth-order valence-corrected chi connectivity index (χ4v) is 5.08. The van der Waals surface area contributed by atoms with Crippen molar-refractivity contribution in [3.63, 3.8) is 0 Å². The molecule has 1 saturated heterocycles. The van der Waals surface area contributed by atoms with Crippen LogP contribution in [0.2, 0.25) is 0 Å². The Morgan fingerprint density at radius 1 is 0.717 bits per heavy atom. The fourth-order valence-electron chi connectivity index (χ4n) is 5.08. The Kier molecular flexibility index (Phi) is 14.5. The molecule has 8 nitrogen and oxygen atoms in total. The highest BCUT2D eigenvalue weighted by Crippen LogP contribution is 2.31. The van der Waals surface area contributed by atoms with Gasteiger partial charge in [0.15, 0.2) is 6.29 Å². The number of benzene rings is 3. The topological polar surface area (TPSA) is 84.5 Å². The van der Waals surface area contributed by atoms with Gasteiger partial charge in [0.2, 0.25) is 0 Å². The van der Waals surface area contributed by atoms with Crippen LogP contribution in [0.5, 0.6) is 0 Å². The van der Waals surface area contributed by atoms with Crippen LogP contribution in [0.4, 0.5) is 13.2 Å². The summed E-state index contributed by atoms with van der Waals surface area (Å²) in [5, 5.41) is 1.88. The van der Waals surface area contributed by atoms with Crippen molar-refractivity contribution in [2.24, 2.45) is 0 Å². The van der Waals surface area contributed by atoms with Crippen molar-refractivity contribution in [3.8, 4) is 0 Å². The molecule has 11 heteroatoms. The summed E-state index contributed by atoms with van der Waals surface area (Å²) >= 11 is 0. The molecule has 46 heavy (non-hydrogen) atoms. The van der Waals surface area contributed by atoms with Crippen LogP contribution in [-0.4, -0.2) is 69.7 Å². The van der Waals surface area contributed by atoms with Crippen molar-refractivity contribution in [1.82, 2.24) is 5.32 Å². The molecule has 0 unspecified atom stereocenters. The first-order chi connectivity index (χ1) is 22.3. The van der Waals surface area contributed by atoms with Gasteiger partial charge in [0.25, 0.3) is 0 Å². The summed E-state index contributed by atoms with van der Waals surface area (Å²) in [6.07, 6.45) is -6.45. The second-order valence-corrected chi connectivity index (χ2v) is 11.0. The molecule has 0 radical (unpaired) electrons. The maximum absolute atomic E-state index is 12.4. The second kappa shape index (κ2) is 18.7. The van der Waals surface area contributed by atoms with E-state index < -0.39 is 42.8 Å². The van der Waals surface area contributed by atoms with E-state index in [1.165, 1.54) is 0 Å². The van der Waals surface area contributed by atoms with E-state index >= 15 is 0 Å². The predicted octanol–water partition coefficient (Wildman–Crippen LogP) is 5.98. The van der Waals surface area contributed by atoms with Crippen LogP contribution in [0.3, 0.4) is 0 Å². The van der Waals surface area contributed by atoms with Gasteiger partial charge in [-0.15, -0.1) is 0 Å². The third-order valence-electron chi connectivity index (χ3n) is 7.47. The zero-order chi connectivity index (χ0) is 32.6. The number of amides is 1. The number of nitrogens with one attached hydrogen (secondary N) is 1.